The number of hydrogen-bond donors (Lipinski definition) is 0. The van der Waals surface area contributed by atoms with Crippen LogP contribution in [-0.2, 0) is 131 Å². The maximum atomic E-state index is 12.6. The molecule has 0 saturated heterocycles. The van der Waals surface area contributed by atoms with Crippen LogP contribution in [0.3, 0.4) is 0 Å². The number of carbonyl (C=O) groups is 3. The maximum absolute atomic E-state index is 12.6. The van der Waals surface area contributed by atoms with Crippen molar-refractivity contribution in [3.63, 3.8) is 0 Å². The van der Waals surface area contributed by atoms with Gasteiger partial charge in [0.05, 0.1) is 37.1 Å². The van der Waals surface area contributed by atoms with Crippen molar-refractivity contribution >= 4 is 240 Å². The molecule has 0 bridgehead atoms. The molecule has 0 aromatic heterocycles. The van der Waals surface area contributed by atoms with Crippen molar-refractivity contribution in [2.45, 2.75) is 454 Å². The van der Waals surface area contributed by atoms with Crippen molar-refractivity contribution in [1.29, 1.82) is 0 Å². The van der Waals surface area contributed by atoms with Gasteiger partial charge in [-0.25, -0.2) is 0 Å². The summed E-state index contributed by atoms with van der Waals surface area (Å²) in [5.41, 5.74) is -0.800. The average Bonchev–Trinajstić information content (AvgIpc) is 0.798. The minimum atomic E-state index is -2.93. The number of esters is 3. The zero-order chi connectivity index (χ0) is 108. The highest BCUT2D eigenvalue weighted by molar-refractivity contribution is 6.98. The second-order valence-corrected chi connectivity index (χ2v) is 145. The van der Waals surface area contributed by atoms with Crippen LogP contribution < -0.4 is 0 Å². The van der Waals surface area contributed by atoms with Gasteiger partial charge in [-0.2, -0.15) is 0 Å². The Balaban J connectivity index is -0.00000771. The van der Waals surface area contributed by atoms with Gasteiger partial charge in [0.1, 0.15) is 0 Å². The Bertz CT molecular complexity index is 3580. The van der Waals surface area contributed by atoms with E-state index >= 15 is 0 Å². The topological polar surface area (TPSA) is 310 Å². The molecular weight excluding hydrogens is 2160 g/mol. The minimum absolute atomic E-state index is 0.0547. The molecule has 135 heavy (non-hydrogen) atoms. The molecule has 1 atom stereocenters. The second kappa shape index (κ2) is 52.4. The van der Waals surface area contributed by atoms with Crippen LogP contribution in [-0.4, -0.2) is 260 Å². The molecule has 0 rings (SSSR count). The summed E-state index contributed by atoms with van der Waals surface area (Å²) in [6, 6.07) is 0.845. The van der Waals surface area contributed by atoms with Crippen molar-refractivity contribution < 1.29 is 131 Å². The van der Waals surface area contributed by atoms with Crippen LogP contribution in [0.1, 0.15) is 101 Å². The first-order valence-electron chi connectivity index (χ1n) is 48.6. The third-order valence-corrected chi connectivity index (χ3v) is 119. The fourth-order valence-corrected chi connectivity index (χ4v) is 152. The molecule has 810 valence electrons. The van der Waals surface area contributed by atoms with E-state index in [1.807, 2.05) is 55.4 Å². The van der Waals surface area contributed by atoms with Gasteiger partial charge in [0, 0.05) is 0 Å². The lowest BCUT2D eigenvalue weighted by atomic mass is 9.91. The summed E-state index contributed by atoms with van der Waals surface area (Å²) in [7, 11) is -70.7. The van der Waals surface area contributed by atoms with Crippen molar-refractivity contribution in [2.75, 3.05) is 20.3 Å². The maximum Gasteiger partial charge on any atom is 0.314 e. The van der Waals surface area contributed by atoms with Gasteiger partial charge in [0.2, 0.25) is 0 Å². The van der Waals surface area contributed by atoms with Gasteiger partial charge in [-0.1, -0.05) is 41.0 Å². The first-order valence-corrected chi connectivity index (χ1v) is 123. The lowest BCUT2D eigenvalue weighted by molar-refractivity contribution is -0.154. The van der Waals surface area contributed by atoms with Crippen LogP contribution >= 0.6 is 0 Å². The lowest BCUT2D eigenvalue weighted by Gasteiger charge is -2.45. The molecule has 0 N–H and O–H groups in total. The molecule has 0 aliphatic carbocycles. The third-order valence-electron chi connectivity index (χ3n) is 18.4. The van der Waals surface area contributed by atoms with E-state index < -0.39 is 228 Å². The second-order valence-electron chi connectivity index (χ2n) is 49.1. The number of hydrogen-bond acceptors (Lipinski definition) is 31. The standard InChI is InChI=1S/C62H176O27Si26.C9H18O2.C7H14O2/c1-57-62(2,3)61(63)64-59-58-60-91(7,8)66-93(11,12)68-95(15,16)70-97(19,20)72-99(23,24)74-101(27,28)76-103(31,32)78-105(35,36)80-107(39,40)82-109(43,44)84-111(47,48)86-113(51,52)88-115(55,56)89-114(53,54)87-112(49,50)85-110(45,46)83-108(41,42)81-106(37,38)79-104(33,34)77-102(29,30)75-100(25,26)73-98(21,22)71-96(17,18)69-94(13,14)67-92(9,10)65-90(4,5)6;1-4-6-7-11-9(10)8(3)5-2;1-5-7(2,3)6(8)9-4/h57-60H2,1-56H3;8H,4-7H2,1-3H3;5H2,1-4H3. The molecule has 0 radical (unpaired) electrons. The van der Waals surface area contributed by atoms with Crippen molar-refractivity contribution in [3.8, 4) is 0 Å². The van der Waals surface area contributed by atoms with Gasteiger partial charge in [0.15, 0.2) is 16.6 Å². The summed E-state index contributed by atoms with van der Waals surface area (Å²) in [6.45, 7) is 128. The smallest absolute Gasteiger partial charge is 0.314 e. The molecule has 31 nitrogen and oxygen atoms in total. The van der Waals surface area contributed by atoms with Gasteiger partial charge >= 0.3 is 223 Å². The molecule has 57 heteroatoms. The van der Waals surface area contributed by atoms with Crippen LogP contribution in [0.25, 0.3) is 0 Å². The van der Waals surface area contributed by atoms with Crippen LogP contribution in [0.4, 0.5) is 0 Å². The van der Waals surface area contributed by atoms with Gasteiger partial charge in [0.25, 0.3) is 0 Å². The molecule has 0 aliphatic heterocycles. The number of unbranched alkanes of at least 4 members (excludes halogenated alkanes) is 1. The summed E-state index contributed by atoms with van der Waals surface area (Å²) < 4.78 is 188. The molecule has 0 aromatic carbocycles. The van der Waals surface area contributed by atoms with E-state index in [9.17, 15) is 14.4 Å². The highest BCUT2D eigenvalue weighted by Crippen LogP contribution is 2.38. The normalized spacial score (nSPS) is 15.4. The van der Waals surface area contributed by atoms with Gasteiger partial charge in [-0.05, 0) is 413 Å². The monoisotopic (exact) mass is 2370 g/mol. The SMILES string of the molecule is CCC(C)(C)C(=O)OC.CCC(C)(C)C(=O)OCCC[Si](C)(C)O[Si](C)(C)O[Si](C)(C)O[Si](C)(C)O[Si](C)(C)O[Si](C)(C)O[Si](C)(C)O[Si](C)(C)O[Si](C)(C)O[Si](C)(C)O[Si](C)(C)O[Si](C)(C)O[Si](C)(C)O[Si](C)(C)O[Si](C)(C)O[Si](C)(C)O[Si](C)(C)O[Si](C)(C)O[Si](C)(C)O[Si](C)(C)O[Si](C)(C)O[Si](C)(C)O[Si](C)(C)O[Si](C)(C)O[Si](C)(C)O[Si](C)(C)C.CCCCOC(=O)C(C)CC. The molecule has 0 amide bonds. The Morgan fingerprint density at radius 3 is 0.519 bits per heavy atom. The predicted molar refractivity (Wildman–Crippen MR) is 613 cm³/mol. The first-order chi connectivity index (χ1) is 58.6. The van der Waals surface area contributed by atoms with E-state index in [4.69, 9.17) is 112 Å². The van der Waals surface area contributed by atoms with E-state index in [1.54, 1.807) is 0 Å². The Morgan fingerprint density at radius 2 is 0.378 bits per heavy atom. The van der Waals surface area contributed by atoms with Crippen LogP contribution in [0.5, 0.6) is 0 Å². The predicted octanol–water partition coefficient (Wildman–Crippen LogP) is 25.6. The lowest BCUT2D eigenvalue weighted by Crippen LogP contribution is -2.63. The first kappa shape index (κ1) is 142. The largest absolute Gasteiger partial charge is 0.469 e. The number of methoxy groups -OCH3 is 1. The summed E-state index contributed by atoms with van der Waals surface area (Å²) in [6.07, 6.45) is 5.21. The summed E-state index contributed by atoms with van der Waals surface area (Å²) >= 11 is 0. The number of ether oxygens (including phenoxy) is 3. The Kier molecular flexibility index (Phi) is 55.2. The van der Waals surface area contributed by atoms with Crippen LogP contribution in [0.15, 0.2) is 0 Å². The van der Waals surface area contributed by atoms with Crippen LogP contribution in [0.2, 0.25) is 353 Å². The minimum Gasteiger partial charge on any atom is -0.469 e. The summed E-state index contributed by atoms with van der Waals surface area (Å²) in [5, 5.41) is 0. The zero-order valence-electron chi connectivity index (χ0n) is 98.1. The van der Waals surface area contributed by atoms with Crippen molar-refractivity contribution in [2.24, 2.45) is 16.7 Å². The van der Waals surface area contributed by atoms with Gasteiger partial charge in [-0.3, -0.25) is 14.4 Å². The van der Waals surface area contributed by atoms with Gasteiger partial charge < -0.3 is 117 Å². The van der Waals surface area contributed by atoms with E-state index in [0.717, 1.165) is 44.6 Å². The molecule has 0 heterocycles. The highest BCUT2D eigenvalue weighted by atomic mass is 28.6. The molecule has 1 unspecified atom stereocenters. The molecule has 0 aliphatic rings. The van der Waals surface area contributed by atoms with E-state index in [1.165, 1.54) is 7.11 Å². The number of rotatable bonds is 63. The Labute approximate surface area is 855 Å². The van der Waals surface area contributed by atoms with Crippen molar-refractivity contribution in [1.82, 2.24) is 0 Å². The zero-order valence-corrected chi connectivity index (χ0v) is 124. The van der Waals surface area contributed by atoms with Crippen molar-refractivity contribution in [3.05, 3.63) is 0 Å². The highest BCUT2D eigenvalue weighted by Gasteiger charge is 2.57. The molecule has 0 spiro atoms. The fraction of sp³-hybridized carbons (Fsp3) is 0.962. The van der Waals surface area contributed by atoms with Gasteiger partial charge in [-0.15, -0.1) is 0 Å². The summed E-state index contributed by atoms with van der Waals surface area (Å²) in [4.78, 5) is 34.4. The fourth-order valence-electron chi connectivity index (χ4n) is 17.6. The van der Waals surface area contributed by atoms with E-state index in [0.29, 0.717) is 13.2 Å². The van der Waals surface area contributed by atoms with E-state index in [2.05, 4.69) is 359 Å². The quantitative estimate of drug-likeness (QED) is 0.0236. The molecule has 0 saturated carbocycles. The van der Waals surface area contributed by atoms with E-state index in [-0.39, 0.29) is 29.2 Å². The molecule has 0 aromatic rings. The summed E-state index contributed by atoms with van der Waals surface area (Å²) in [5.74, 6) is -0.286. The Hall–Kier alpha value is 3.05. The number of carbonyl (C=O) groups excluding carboxylic acids is 3. The van der Waals surface area contributed by atoms with Crippen LogP contribution in [0, 0.1) is 16.7 Å². The molecular formula is C78H208O31Si26. The third kappa shape index (κ3) is 67.8. The molecule has 0 fully saturated rings. The average molecular weight is 2370 g/mol. The Morgan fingerprint density at radius 1 is 0.222 bits per heavy atom.